The molecule has 2 heterocycles. The van der Waals surface area contributed by atoms with Gasteiger partial charge < -0.3 is 0 Å². The Balaban J connectivity index is 2.19. The summed E-state index contributed by atoms with van der Waals surface area (Å²) in [5.74, 6) is 0. The van der Waals surface area contributed by atoms with Crippen LogP contribution in [0.25, 0.3) is 27.8 Å². The molecule has 0 unspecified atom stereocenters. The van der Waals surface area contributed by atoms with Gasteiger partial charge in [-0.1, -0.05) is 47.7 Å². The molecule has 0 bridgehead atoms. The first-order chi connectivity index (χ1) is 11.5. The molecule has 0 fully saturated rings. The number of rotatable bonds is 1. The number of aromatic nitrogens is 4. The summed E-state index contributed by atoms with van der Waals surface area (Å²) in [6.07, 6.45) is -4.61. The van der Waals surface area contributed by atoms with E-state index in [9.17, 15) is 13.2 Å². The second-order valence-electron chi connectivity index (χ2n) is 5.47. The normalized spacial score (nSPS) is 12.2. The molecule has 120 valence electrons. The number of aryl methyl sites for hydroxylation is 1. The Labute approximate surface area is 134 Å². The number of halogens is 3. The second kappa shape index (κ2) is 5.02. The van der Waals surface area contributed by atoms with E-state index in [1.54, 1.807) is 55.5 Å². The smallest absolute Gasteiger partial charge is 0.239 e. The Kier molecular flexibility index (Phi) is 3.06. The third kappa shape index (κ3) is 2.12. The molecule has 0 amide bonds. The van der Waals surface area contributed by atoms with E-state index in [-0.39, 0.29) is 16.7 Å². The molecule has 7 heteroatoms. The molecule has 0 radical (unpaired) electrons. The first kappa shape index (κ1) is 14.6. The lowest BCUT2D eigenvalue weighted by Crippen LogP contribution is -2.12. The minimum Gasteiger partial charge on any atom is -0.239 e. The van der Waals surface area contributed by atoms with Crippen molar-refractivity contribution in [1.82, 2.24) is 19.8 Å². The molecular formula is C17H11F3N4. The molecule has 0 aliphatic carbocycles. The van der Waals surface area contributed by atoms with E-state index in [0.717, 1.165) is 0 Å². The Hall–Kier alpha value is -2.96. The largest absolute Gasteiger partial charge is 0.435 e. The molecule has 24 heavy (non-hydrogen) atoms. The predicted molar refractivity (Wildman–Crippen MR) is 83.5 cm³/mol. The van der Waals surface area contributed by atoms with Gasteiger partial charge in [-0.3, -0.25) is 0 Å². The van der Waals surface area contributed by atoms with E-state index >= 15 is 0 Å². The van der Waals surface area contributed by atoms with E-state index in [2.05, 4.69) is 15.3 Å². The lowest BCUT2D eigenvalue weighted by atomic mass is 10.1. The molecular weight excluding hydrogens is 317 g/mol. The van der Waals surface area contributed by atoms with Crippen LogP contribution in [0.4, 0.5) is 13.2 Å². The maximum absolute atomic E-state index is 13.6. The van der Waals surface area contributed by atoms with Crippen LogP contribution in [0.2, 0.25) is 0 Å². The van der Waals surface area contributed by atoms with E-state index < -0.39 is 11.9 Å². The highest BCUT2D eigenvalue weighted by Crippen LogP contribution is 2.36. The molecule has 4 rings (SSSR count). The van der Waals surface area contributed by atoms with Gasteiger partial charge in [0.25, 0.3) is 0 Å². The zero-order chi connectivity index (χ0) is 16.9. The van der Waals surface area contributed by atoms with Crippen molar-refractivity contribution in [2.75, 3.05) is 0 Å². The number of hydrogen-bond donors (Lipinski definition) is 0. The van der Waals surface area contributed by atoms with E-state index in [4.69, 9.17) is 0 Å². The molecule has 0 spiro atoms. The average molecular weight is 328 g/mol. The van der Waals surface area contributed by atoms with Gasteiger partial charge in [0, 0.05) is 5.56 Å². The van der Waals surface area contributed by atoms with Gasteiger partial charge in [0.1, 0.15) is 11.2 Å². The molecule has 4 nitrogen and oxygen atoms in total. The van der Waals surface area contributed by atoms with E-state index in [1.165, 1.54) is 4.52 Å². The average Bonchev–Trinajstić information content (AvgIpc) is 2.99. The first-order valence-electron chi connectivity index (χ1n) is 7.24. The molecule has 0 N–H and O–H groups in total. The van der Waals surface area contributed by atoms with E-state index in [0.29, 0.717) is 16.6 Å². The summed E-state index contributed by atoms with van der Waals surface area (Å²) in [6.45, 7) is 1.72. The zero-order valence-electron chi connectivity index (χ0n) is 12.5. The molecule has 0 aliphatic rings. The number of benzene rings is 2. The van der Waals surface area contributed by atoms with Gasteiger partial charge in [0.05, 0.1) is 11.0 Å². The van der Waals surface area contributed by atoms with Crippen molar-refractivity contribution in [3.63, 3.8) is 0 Å². The Morgan fingerprint density at radius 2 is 1.71 bits per heavy atom. The lowest BCUT2D eigenvalue weighted by molar-refractivity contribution is -0.139. The fourth-order valence-electron chi connectivity index (χ4n) is 2.78. The van der Waals surface area contributed by atoms with Crippen LogP contribution in [0.3, 0.4) is 0 Å². The topological polar surface area (TPSA) is 43.1 Å². The van der Waals surface area contributed by atoms with Gasteiger partial charge in [-0.25, -0.2) is 9.50 Å². The van der Waals surface area contributed by atoms with Crippen LogP contribution in [0.5, 0.6) is 0 Å². The monoisotopic (exact) mass is 328 g/mol. The van der Waals surface area contributed by atoms with Crippen molar-refractivity contribution in [2.24, 2.45) is 0 Å². The van der Waals surface area contributed by atoms with Gasteiger partial charge in [0.15, 0.2) is 5.69 Å². The number of alkyl halides is 3. The molecule has 0 atom stereocenters. The van der Waals surface area contributed by atoms with Crippen LogP contribution < -0.4 is 0 Å². The third-order valence-electron chi connectivity index (χ3n) is 3.88. The summed E-state index contributed by atoms with van der Waals surface area (Å²) in [5, 5.41) is 7.96. The third-order valence-corrected chi connectivity index (χ3v) is 3.88. The van der Waals surface area contributed by atoms with Crippen LogP contribution in [0, 0.1) is 6.92 Å². The molecule has 0 saturated carbocycles. The van der Waals surface area contributed by atoms with Crippen LogP contribution in [0.1, 0.15) is 11.3 Å². The van der Waals surface area contributed by atoms with Crippen molar-refractivity contribution in [1.29, 1.82) is 0 Å². The summed E-state index contributed by atoms with van der Waals surface area (Å²) < 4.78 is 42.1. The fraction of sp³-hybridized carbons (Fsp3) is 0.118. The van der Waals surface area contributed by atoms with Crippen molar-refractivity contribution in [3.8, 4) is 11.3 Å². The zero-order valence-corrected chi connectivity index (χ0v) is 12.5. The van der Waals surface area contributed by atoms with Gasteiger partial charge in [-0.05, 0) is 18.6 Å². The molecule has 0 aliphatic heterocycles. The summed E-state index contributed by atoms with van der Waals surface area (Å²) in [4.78, 5) is 3.91. The number of hydrogen-bond acceptors (Lipinski definition) is 3. The van der Waals surface area contributed by atoms with Crippen molar-refractivity contribution >= 4 is 16.6 Å². The Morgan fingerprint density at radius 3 is 2.42 bits per heavy atom. The highest BCUT2D eigenvalue weighted by Gasteiger charge is 2.38. The van der Waals surface area contributed by atoms with Crippen molar-refractivity contribution < 1.29 is 13.2 Å². The Morgan fingerprint density at radius 1 is 0.958 bits per heavy atom. The SMILES string of the molecule is Cc1cccc2c1nc(C(F)(F)F)c1c(-c3ccccc3)nnn12. The number of nitrogens with zero attached hydrogens (tertiary/aromatic N) is 4. The van der Waals surface area contributed by atoms with Gasteiger partial charge in [-0.15, -0.1) is 5.10 Å². The molecule has 0 saturated heterocycles. The lowest BCUT2D eigenvalue weighted by Gasteiger charge is -2.11. The first-order valence-corrected chi connectivity index (χ1v) is 7.24. The quantitative estimate of drug-likeness (QED) is 0.524. The summed E-state index contributed by atoms with van der Waals surface area (Å²) in [5.41, 5.74) is 1.02. The van der Waals surface area contributed by atoms with Gasteiger partial charge in [0.2, 0.25) is 0 Å². The summed E-state index contributed by atoms with van der Waals surface area (Å²) in [6, 6.07) is 13.8. The van der Waals surface area contributed by atoms with Gasteiger partial charge in [-0.2, -0.15) is 13.2 Å². The maximum Gasteiger partial charge on any atom is 0.435 e. The van der Waals surface area contributed by atoms with Crippen molar-refractivity contribution in [3.05, 3.63) is 59.8 Å². The highest BCUT2D eigenvalue weighted by molar-refractivity contribution is 5.87. The van der Waals surface area contributed by atoms with E-state index in [1.807, 2.05) is 0 Å². The van der Waals surface area contributed by atoms with Crippen LogP contribution in [-0.4, -0.2) is 19.8 Å². The highest BCUT2D eigenvalue weighted by atomic mass is 19.4. The van der Waals surface area contributed by atoms with Gasteiger partial charge >= 0.3 is 6.18 Å². The minimum absolute atomic E-state index is 0.133. The summed E-state index contributed by atoms with van der Waals surface area (Å²) >= 11 is 0. The maximum atomic E-state index is 13.6. The number of para-hydroxylation sites is 1. The van der Waals surface area contributed by atoms with Crippen molar-refractivity contribution in [2.45, 2.75) is 13.1 Å². The second-order valence-corrected chi connectivity index (χ2v) is 5.47. The molecule has 2 aromatic carbocycles. The fourth-order valence-corrected chi connectivity index (χ4v) is 2.78. The molecule has 2 aromatic heterocycles. The predicted octanol–water partition coefficient (Wildman–Crippen LogP) is 4.27. The van der Waals surface area contributed by atoms with Crippen LogP contribution in [0.15, 0.2) is 48.5 Å². The minimum atomic E-state index is -4.61. The Bertz CT molecular complexity index is 1050. The number of fused-ring (bicyclic) bond motifs is 3. The standard InChI is InChI=1S/C17H11F3N4/c1-10-6-5-9-12-13(10)21-16(17(18,19)20)15-14(22-23-24(12)15)11-7-3-2-4-8-11/h2-9H,1H3. The van der Waals surface area contributed by atoms with Crippen LogP contribution in [-0.2, 0) is 6.18 Å². The van der Waals surface area contributed by atoms with Crippen LogP contribution >= 0.6 is 0 Å². The summed E-state index contributed by atoms with van der Waals surface area (Å²) in [7, 11) is 0. The molecule has 4 aromatic rings.